The average molecular weight is 425 g/mol. The Labute approximate surface area is 180 Å². The average Bonchev–Trinajstić information content (AvgIpc) is 3.17. The molecule has 0 aliphatic carbocycles. The van der Waals surface area contributed by atoms with Crippen molar-refractivity contribution in [2.75, 3.05) is 32.8 Å². The fourth-order valence-electron chi connectivity index (χ4n) is 4.16. The molecule has 1 unspecified atom stereocenters. The molecule has 0 amide bonds. The molecule has 1 atom stereocenters. The van der Waals surface area contributed by atoms with Crippen molar-refractivity contribution in [3.05, 3.63) is 33.3 Å². The molecule has 1 aromatic rings. The number of hydrazine groups is 1. The Morgan fingerprint density at radius 1 is 1.38 bits per heavy atom. The maximum Gasteiger partial charge on any atom is 0.0966 e. The number of nitrogens with two attached hydrogens (primary N) is 2. The monoisotopic (exact) mass is 424 g/mol. The minimum absolute atomic E-state index is 0.0308. The van der Waals surface area contributed by atoms with Gasteiger partial charge in [-0.2, -0.15) is 0 Å². The van der Waals surface area contributed by atoms with Crippen LogP contribution in [0.25, 0.3) is 0 Å². The van der Waals surface area contributed by atoms with Gasteiger partial charge in [0.2, 0.25) is 0 Å². The normalized spacial score (nSPS) is 20.0. The van der Waals surface area contributed by atoms with Gasteiger partial charge >= 0.3 is 0 Å². The van der Waals surface area contributed by atoms with Gasteiger partial charge in [-0.1, -0.05) is 27.7 Å². The third-order valence-corrected chi connectivity index (χ3v) is 7.23. The molecule has 1 aromatic heterocycles. The SMILES string of the molecule is CC.CCc1cc2c(s1)CCOC21CCN(C/C(N)=C/N(N)C(CC)CO)CC1. The number of nitrogens with zero attached hydrogens (tertiary/aromatic N) is 2. The number of hydrogen-bond donors (Lipinski definition) is 3. The van der Waals surface area contributed by atoms with Crippen LogP contribution < -0.4 is 11.6 Å². The van der Waals surface area contributed by atoms with Crippen molar-refractivity contribution in [3.63, 3.8) is 0 Å². The van der Waals surface area contributed by atoms with Crippen molar-refractivity contribution in [2.24, 2.45) is 11.6 Å². The van der Waals surface area contributed by atoms with E-state index in [1.165, 1.54) is 20.3 Å². The standard InChI is InChI=1S/C20H34N4O2S.C2H6/c1-3-16(14-25)24(22)13-15(21)12-23-8-6-20(7-9-23)18-11-17(4-2)27-19(18)5-10-26-20;1-2/h11,13,16,25H,3-10,12,14,21-22H2,1-2H3;1-2H3/b15-13-;. The number of aliphatic hydroxyl groups is 1. The summed E-state index contributed by atoms with van der Waals surface area (Å²) in [7, 11) is 0. The van der Waals surface area contributed by atoms with Crippen LogP contribution in [-0.2, 0) is 23.2 Å². The molecule has 3 rings (SSSR count). The molecule has 0 radical (unpaired) electrons. The molecule has 1 spiro atoms. The highest BCUT2D eigenvalue weighted by atomic mass is 32.1. The Morgan fingerprint density at radius 2 is 2.07 bits per heavy atom. The van der Waals surface area contributed by atoms with E-state index in [9.17, 15) is 5.11 Å². The number of piperidine rings is 1. The largest absolute Gasteiger partial charge is 0.400 e. The van der Waals surface area contributed by atoms with E-state index in [-0.39, 0.29) is 18.2 Å². The molecule has 6 nitrogen and oxygen atoms in total. The summed E-state index contributed by atoms with van der Waals surface area (Å²) in [6.07, 6.45) is 6.71. The van der Waals surface area contributed by atoms with Crippen molar-refractivity contribution < 1.29 is 9.84 Å². The summed E-state index contributed by atoms with van der Waals surface area (Å²) in [5, 5.41) is 10.9. The van der Waals surface area contributed by atoms with Gasteiger partial charge in [-0.3, -0.25) is 4.90 Å². The molecule has 0 bridgehead atoms. The van der Waals surface area contributed by atoms with Gasteiger partial charge in [0, 0.05) is 47.7 Å². The quantitative estimate of drug-likeness (QED) is 0.461. The van der Waals surface area contributed by atoms with Crippen LogP contribution in [0.5, 0.6) is 0 Å². The third-order valence-electron chi connectivity index (χ3n) is 5.90. The number of ether oxygens (including phenoxy) is 1. The smallest absolute Gasteiger partial charge is 0.0966 e. The molecule has 2 aliphatic heterocycles. The second kappa shape index (κ2) is 11.3. The van der Waals surface area contributed by atoms with Crippen LogP contribution in [0, 0.1) is 0 Å². The molecule has 5 N–H and O–H groups in total. The number of likely N-dealkylation sites (tertiary alicyclic amines) is 1. The van der Waals surface area contributed by atoms with E-state index in [4.69, 9.17) is 16.3 Å². The number of aryl methyl sites for hydroxylation is 1. The van der Waals surface area contributed by atoms with E-state index >= 15 is 0 Å². The molecular weight excluding hydrogens is 384 g/mol. The lowest BCUT2D eigenvalue weighted by Gasteiger charge is -2.44. The zero-order chi connectivity index (χ0) is 21.4. The number of fused-ring (bicyclic) bond motifs is 2. The zero-order valence-electron chi connectivity index (χ0n) is 18.6. The van der Waals surface area contributed by atoms with Gasteiger partial charge in [0.05, 0.1) is 24.9 Å². The zero-order valence-corrected chi connectivity index (χ0v) is 19.4. The molecule has 2 aliphatic rings. The molecule has 3 heterocycles. The minimum atomic E-state index is -0.101. The first-order valence-electron chi connectivity index (χ1n) is 11.1. The first kappa shape index (κ1) is 24.2. The van der Waals surface area contributed by atoms with Gasteiger partial charge in [-0.25, -0.2) is 5.84 Å². The Bertz CT molecular complexity index is 649. The summed E-state index contributed by atoms with van der Waals surface area (Å²) in [5.41, 5.74) is 8.28. The van der Waals surface area contributed by atoms with E-state index in [1.807, 2.05) is 32.1 Å². The highest BCUT2D eigenvalue weighted by molar-refractivity contribution is 7.12. The summed E-state index contributed by atoms with van der Waals surface area (Å²) in [6, 6.07) is 2.29. The molecule has 7 heteroatoms. The molecule has 1 fully saturated rings. The van der Waals surface area contributed by atoms with Crippen molar-refractivity contribution in [1.82, 2.24) is 9.91 Å². The maximum absolute atomic E-state index is 9.36. The fraction of sp³-hybridized carbons (Fsp3) is 0.727. The highest BCUT2D eigenvalue weighted by Crippen LogP contribution is 2.44. The Morgan fingerprint density at radius 3 is 2.66 bits per heavy atom. The van der Waals surface area contributed by atoms with E-state index in [0.717, 1.165) is 57.5 Å². The molecule has 166 valence electrons. The van der Waals surface area contributed by atoms with Crippen molar-refractivity contribution in [2.45, 2.75) is 71.4 Å². The Balaban J connectivity index is 0.00000145. The molecule has 29 heavy (non-hydrogen) atoms. The number of rotatable bonds is 7. The summed E-state index contributed by atoms with van der Waals surface area (Å²) in [6.45, 7) is 11.7. The maximum atomic E-state index is 9.36. The van der Waals surface area contributed by atoms with Crippen molar-refractivity contribution in [1.29, 1.82) is 0 Å². The van der Waals surface area contributed by atoms with Crippen LogP contribution in [0.1, 0.15) is 62.3 Å². The first-order chi connectivity index (χ1) is 14.0. The number of aliphatic hydroxyl groups excluding tert-OH is 1. The third kappa shape index (κ3) is 5.73. The van der Waals surface area contributed by atoms with Crippen LogP contribution >= 0.6 is 11.3 Å². The summed E-state index contributed by atoms with van der Waals surface area (Å²) >= 11 is 1.97. The lowest BCUT2D eigenvalue weighted by atomic mass is 9.82. The van der Waals surface area contributed by atoms with Gasteiger partial charge < -0.3 is 20.6 Å². The fourth-order valence-corrected chi connectivity index (χ4v) is 5.34. The first-order valence-corrected chi connectivity index (χ1v) is 11.9. The van der Waals surface area contributed by atoms with Crippen LogP contribution in [-0.4, -0.2) is 53.9 Å². The van der Waals surface area contributed by atoms with Crippen LogP contribution in [0.4, 0.5) is 0 Å². The van der Waals surface area contributed by atoms with Crippen LogP contribution in [0.2, 0.25) is 0 Å². The number of thiophene rings is 1. The van der Waals surface area contributed by atoms with Crippen molar-refractivity contribution >= 4 is 11.3 Å². The summed E-state index contributed by atoms with van der Waals surface area (Å²) < 4.78 is 6.35. The molecular formula is C22H40N4O2S. The number of hydrogen-bond acceptors (Lipinski definition) is 7. The van der Waals surface area contributed by atoms with Gasteiger partial charge in [0.1, 0.15) is 0 Å². The lowest BCUT2D eigenvalue weighted by Crippen LogP contribution is -2.47. The van der Waals surface area contributed by atoms with Gasteiger partial charge in [-0.15, -0.1) is 11.3 Å². The predicted octanol–water partition coefficient (Wildman–Crippen LogP) is 2.95. The highest BCUT2D eigenvalue weighted by Gasteiger charge is 2.41. The predicted molar refractivity (Wildman–Crippen MR) is 122 cm³/mol. The second-order valence-electron chi connectivity index (χ2n) is 7.67. The van der Waals surface area contributed by atoms with E-state index in [1.54, 1.807) is 6.20 Å². The van der Waals surface area contributed by atoms with E-state index in [0.29, 0.717) is 6.54 Å². The molecule has 0 saturated carbocycles. The minimum Gasteiger partial charge on any atom is -0.400 e. The molecule has 1 saturated heterocycles. The van der Waals surface area contributed by atoms with Crippen LogP contribution in [0.3, 0.4) is 0 Å². The van der Waals surface area contributed by atoms with Crippen molar-refractivity contribution in [3.8, 4) is 0 Å². The topological polar surface area (TPSA) is 88.0 Å². The van der Waals surface area contributed by atoms with Gasteiger partial charge in [0.25, 0.3) is 0 Å². The van der Waals surface area contributed by atoms with E-state index < -0.39 is 0 Å². The van der Waals surface area contributed by atoms with Crippen LogP contribution in [0.15, 0.2) is 18.0 Å². The van der Waals surface area contributed by atoms with Gasteiger partial charge in [-0.05, 0) is 37.3 Å². The Hall–Kier alpha value is -1.12. The molecule has 0 aromatic carbocycles. The van der Waals surface area contributed by atoms with E-state index in [2.05, 4.69) is 17.9 Å². The Kier molecular flexibility index (Phi) is 9.43. The summed E-state index contributed by atoms with van der Waals surface area (Å²) in [4.78, 5) is 5.37. The lowest BCUT2D eigenvalue weighted by molar-refractivity contribution is -0.0961. The summed E-state index contributed by atoms with van der Waals surface area (Å²) in [5.74, 6) is 6.00. The second-order valence-corrected chi connectivity index (χ2v) is 8.89. The van der Waals surface area contributed by atoms with Gasteiger partial charge in [0.15, 0.2) is 0 Å².